The van der Waals surface area contributed by atoms with Gasteiger partial charge in [0.2, 0.25) is 0 Å². The van der Waals surface area contributed by atoms with Crippen LogP contribution in [0.5, 0.6) is 0 Å². The minimum atomic E-state index is -0.307. The maximum Gasteiger partial charge on any atom is 0.191 e. The number of rotatable bonds is 4. The predicted molar refractivity (Wildman–Crippen MR) is 92.1 cm³/mol. The SMILES string of the molecule is C[C@@H](Sc1nnc(-c2ccccc2F)n1C)c1ccccc1Cl. The lowest BCUT2D eigenvalue weighted by molar-refractivity contribution is 0.628. The standard InChI is InChI=1S/C17H15ClFN3S/c1-11(12-7-3-5-9-14(12)18)23-17-21-20-16(22(17)2)13-8-4-6-10-15(13)19/h3-11H,1-2H3/t11-/m1/s1. The molecule has 0 fully saturated rings. The maximum atomic E-state index is 13.9. The summed E-state index contributed by atoms with van der Waals surface area (Å²) in [4.78, 5) is 0. The Bertz CT molecular complexity index is 834. The van der Waals surface area contributed by atoms with Crippen LogP contribution in [0.4, 0.5) is 4.39 Å². The van der Waals surface area contributed by atoms with E-state index in [1.807, 2.05) is 31.3 Å². The zero-order chi connectivity index (χ0) is 16.4. The largest absolute Gasteiger partial charge is 0.305 e. The molecule has 0 aliphatic carbocycles. The van der Waals surface area contributed by atoms with Crippen LogP contribution in [0.3, 0.4) is 0 Å². The van der Waals surface area contributed by atoms with E-state index in [4.69, 9.17) is 11.6 Å². The number of benzene rings is 2. The van der Waals surface area contributed by atoms with E-state index in [2.05, 4.69) is 17.1 Å². The van der Waals surface area contributed by atoms with Crippen LogP contribution in [-0.2, 0) is 7.05 Å². The number of nitrogens with zero attached hydrogens (tertiary/aromatic N) is 3. The summed E-state index contributed by atoms with van der Waals surface area (Å²) in [6, 6.07) is 14.3. The topological polar surface area (TPSA) is 30.7 Å². The molecule has 1 aromatic heterocycles. The van der Waals surface area contributed by atoms with Crippen LogP contribution in [0, 0.1) is 5.82 Å². The summed E-state index contributed by atoms with van der Waals surface area (Å²) >= 11 is 7.78. The Kier molecular flexibility index (Phi) is 4.68. The zero-order valence-corrected chi connectivity index (χ0v) is 14.3. The molecule has 23 heavy (non-hydrogen) atoms. The molecule has 2 aromatic carbocycles. The number of halogens is 2. The summed E-state index contributed by atoms with van der Waals surface area (Å²) in [5, 5.41) is 9.88. The van der Waals surface area contributed by atoms with Crippen LogP contribution in [0.2, 0.25) is 5.02 Å². The molecular formula is C17H15ClFN3S. The molecular weight excluding hydrogens is 333 g/mol. The third-order valence-corrected chi connectivity index (χ3v) is 5.09. The molecule has 3 nitrogen and oxygen atoms in total. The molecule has 0 bridgehead atoms. The van der Waals surface area contributed by atoms with Gasteiger partial charge in [-0.1, -0.05) is 53.7 Å². The van der Waals surface area contributed by atoms with Crippen molar-refractivity contribution in [3.05, 3.63) is 64.9 Å². The lowest BCUT2D eigenvalue weighted by atomic mass is 10.2. The quantitative estimate of drug-likeness (QED) is 0.613. The highest BCUT2D eigenvalue weighted by Crippen LogP contribution is 2.37. The van der Waals surface area contributed by atoms with Crippen molar-refractivity contribution in [1.29, 1.82) is 0 Å². The molecule has 0 saturated carbocycles. The first-order valence-corrected chi connectivity index (χ1v) is 8.39. The predicted octanol–water partition coefficient (Wildman–Crippen LogP) is 5.13. The summed E-state index contributed by atoms with van der Waals surface area (Å²) in [5.41, 5.74) is 1.48. The molecule has 0 amide bonds. The van der Waals surface area contributed by atoms with Crippen molar-refractivity contribution in [2.24, 2.45) is 7.05 Å². The fourth-order valence-electron chi connectivity index (χ4n) is 2.32. The van der Waals surface area contributed by atoms with E-state index in [1.54, 1.807) is 34.5 Å². The van der Waals surface area contributed by atoms with Gasteiger partial charge in [-0.3, -0.25) is 0 Å². The van der Waals surface area contributed by atoms with Gasteiger partial charge in [0.1, 0.15) is 5.82 Å². The molecule has 0 unspecified atom stereocenters. The lowest BCUT2D eigenvalue weighted by Crippen LogP contribution is -1.98. The first-order chi connectivity index (χ1) is 11.1. The van der Waals surface area contributed by atoms with Crippen molar-refractivity contribution >= 4 is 23.4 Å². The van der Waals surface area contributed by atoms with E-state index < -0.39 is 0 Å². The van der Waals surface area contributed by atoms with Gasteiger partial charge in [-0.15, -0.1) is 10.2 Å². The molecule has 0 aliphatic rings. The van der Waals surface area contributed by atoms with Gasteiger partial charge in [-0.2, -0.15) is 0 Å². The fraction of sp³-hybridized carbons (Fsp3) is 0.176. The molecule has 0 N–H and O–H groups in total. The highest BCUT2D eigenvalue weighted by molar-refractivity contribution is 7.99. The minimum Gasteiger partial charge on any atom is -0.305 e. The molecule has 1 heterocycles. The summed E-state index contributed by atoms with van der Waals surface area (Å²) in [7, 11) is 1.84. The van der Waals surface area contributed by atoms with Gasteiger partial charge in [-0.05, 0) is 30.7 Å². The summed E-state index contributed by atoms with van der Waals surface area (Å²) < 4.78 is 15.7. The Labute approximate surface area is 143 Å². The van der Waals surface area contributed by atoms with Crippen LogP contribution >= 0.6 is 23.4 Å². The Morgan fingerprint density at radius 2 is 1.78 bits per heavy atom. The third-order valence-electron chi connectivity index (χ3n) is 3.58. The fourth-order valence-corrected chi connectivity index (χ4v) is 3.67. The molecule has 0 aliphatic heterocycles. The Balaban J connectivity index is 1.89. The number of hydrogen-bond donors (Lipinski definition) is 0. The number of hydrogen-bond acceptors (Lipinski definition) is 3. The van der Waals surface area contributed by atoms with Crippen LogP contribution in [0.1, 0.15) is 17.7 Å². The average Bonchev–Trinajstić information content (AvgIpc) is 2.89. The van der Waals surface area contributed by atoms with Crippen LogP contribution < -0.4 is 0 Å². The number of aromatic nitrogens is 3. The molecule has 3 rings (SSSR count). The van der Waals surface area contributed by atoms with E-state index >= 15 is 0 Å². The minimum absolute atomic E-state index is 0.111. The summed E-state index contributed by atoms with van der Waals surface area (Å²) in [6.45, 7) is 2.06. The van der Waals surface area contributed by atoms with Gasteiger partial charge in [0.05, 0.1) is 5.56 Å². The zero-order valence-electron chi connectivity index (χ0n) is 12.7. The summed E-state index contributed by atoms with van der Waals surface area (Å²) in [6.07, 6.45) is 0. The van der Waals surface area contributed by atoms with Crippen molar-refractivity contribution < 1.29 is 4.39 Å². The van der Waals surface area contributed by atoms with E-state index in [0.717, 1.165) is 15.7 Å². The van der Waals surface area contributed by atoms with E-state index in [1.165, 1.54) is 6.07 Å². The molecule has 1 atom stereocenters. The van der Waals surface area contributed by atoms with Gasteiger partial charge in [0.25, 0.3) is 0 Å². The molecule has 0 saturated heterocycles. The van der Waals surface area contributed by atoms with Crippen LogP contribution in [0.25, 0.3) is 11.4 Å². The van der Waals surface area contributed by atoms with Crippen molar-refractivity contribution in [2.45, 2.75) is 17.3 Å². The Hall–Kier alpha value is -1.85. The van der Waals surface area contributed by atoms with Gasteiger partial charge in [0.15, 0.2) is 11.0 Å². The van der Waals surface area contributed by atoms with Crippen molar-refractivity contribution in [3.63, 3.8) is 0 Å². The second-order valence-corrected chi connectivity index (χ2v) is 6.84. The molecule has 118 valence electrons. The van der Waals surface area contributed by atoms with Gasteiger partial charge < -0.3 is 4.57 Å². The van der Waals surface area contributed by atoms with Crippen molar-refractivity contribution in [3.8, 4) is 11.4 Å². The lowest BCUT2D eigenvalue weighted by Gasteiger charge is -2.12. The van der Waals surface area contributed by atoms with Crippen molar-refractivity contribution in [1.82, 2.24) is 14.8 Å². The molecule has 3 aromatic rings. The van der Waals surface area contributed by atoms with Crippen LogP contribution in [-0.4, -0.2) is 14.8 Å². The maximum absolute atomic E-state index is 13.9. The normalized spacial score (nSPS) is 12.3. The third kappa shape index (κ3) is 3.26. The first-order valence-electron chi connectivity index (χ1n) is 7.13. The van der Waals surface area contributed by atoms with E-state index in [0.29, 0.717) is 11.4 Å². The summed E-state index contributed by atoms with van der Waals surface area (Å²) in [5.74, 6) is 0.204. The van der Waals surface area contributed by atoms with Gasteiger partial charge >= 0.3 is 0 Å². The Morgan fingerprint density at radius 3 is 2.52 bits per heavy atom. The molecule has 6 heteroatoms. The second kappa shape index (κ2) is 6.72. The molecule has 0 radical (unpaired) electrons. The van der Waals surface area contributed by atoms with Crippen molar-refractivity contribution in [2.75, 3.05) is 0 Å². The second-order valence-electron chi connectivity index (χ2n) is 5.13. The van der Waals surface area contributed by atoms with Gasteiger partial charge in [-0.25, -0.2) is 4.39 Å². The Morgan fingerprint density at radius 1 is 1.09 bits per heavy atom. The molecule has 0 spiro atoms. The average molecular weight is 348 g/mol. The monoisotopic (exact) mass is 347 g/mol. The highest BCUT2D eigenvalue weighted by atomic mass is 35.5. The number of thioether (sulfide) groups is 1. The van der Waals surface area contributed by atoms with Crippen LogP contribution in [0.15, 0.2) is 53.7 Å². The highest BCUT2D eigenvalue weighted by Gasteiger charge is 2.18. The van der Waals surface area contributed by atoms with Gasteiger partial charge in [0, 0.05) is 17.3 Å². The first kappa shape index (κ1) is 16.0. The smallest absolute Gasteiger partial charge is 0.191 e. The van der Waals surface area contributed by atoms with E-state index in [9.17, 15) is 4.39 Å². The van der Waals surface area contributed by atoms with E-state index in [-0.39, 0.29) is 11.1 Å².